The highest BCUT2D eigenvalue weighted by molar-refractivity contribution is 7.92. The van der Waals surface area contributed by atoms with Gasteiger partial charge in [-0.25, -0.2) is 8.42 Å². The zero-order chi connectivity index (χ0) is 20.7. The smallest absolute Gasteiger partial charge is 0.261 e. The molecule has 0 aliphatic carbocycles. The number of aryl methyl sites for hydroxylation is 1. The highest BCUT2D eigenvalue weighted by Crippen LogP contribution is 2.29. The molecule has 29 heavy (non-hydrogen) atoms. The van der Waals surface area contributed by atoms with Gasteiger partial charge in [-0.1, -0.05) is 29.8 Å². The molecule has 2 aromatic carbocycles. The Balaban J connectivity index is 1.66. The van der Waals surface area contributed by atoms with Gasteiger partial charge in [0.2, 0.25) is 0 Å². The molecule has 0 aliphatic heterocycles. The summed E-state index contributed by atoms with van der Waals surface area (Å²) >= 11 is 11.9. The summed E-state index contributed by atoms with van der Waals surface area (Å²) in [6.45, 7) is 0.266. The Morgan fingerprint density at radius 1 is 1.03 bits per heavy atom. The highest BCUT2D eigenvalue weighted by atomic mass is 35.5. The Labute approximate surface area is 180 Å². The zero-order valence-corrected chi connectivity index (χ0v) is 17.8. The number of nitrogens with zero attached hydrogens (tertiary/aromatic N) is 1. The van der Waals surface area contributed by atoms with Crippen LogP contribution >= 0.6 is 23.2 Å². The minimum absolute atomic E-state index is 0.179. The molecule has 0 aliphatic rings. The number of anilines is 1. The Morgan fingerprint density at radius 2 is 1.83 bits per heavy atom. The number of hydrogen-bond acceptors (Lipinski definition) is 4. The van der Waals surface area contributed by atoms with Crippen molar-refractivity contribution in [2.75, 3.05) is 10.6 Å². The fraction of sp³-hybridized carbons (Fsp3) is 0.190. The second-order valence-corrected chi connectivity index (χ2v) is 8.76. The van der Waals surface area contributed by atoms with Gasteiger partial charge in [0.15, 0.2) is 0 Å². The second-order valence-electron chi connectivity index (χ2n) is 6.30. The molecule has 152 valence electrons. The molecule has 1 N–H and O–H groups in total. The third kappa shape index (κ3) is 6.10. The summed E-state index contributed by atoms with van der Waals surface area (Å²) in [5, 5.41) is 0.303. The summed E-state index contributed by atoms with van der Waals surface area (Å²) in [6.07, 6.45) is 3.34. The maximum atomic E-state index is 12.6. The van der Waals surface area contributed by atoms with Crippen LogP contribution < -0.4 is 9.46 Å². The van der Waals surface area contributed by atoms with Gasteiger partial charge in [-0.05, 0) is 60.9 Å². The third-order valence-electron chi connectivity index (χ3n) is 4.12. The van der Waals surface area contributed by atoms with E-state index in [0.29, 0.717) is 22.3 Å². The first-order chi connectivity index (χ1) is 14.0. The molecule has 0 fully saturated rings. The summed E-state index contributed by atoms with van der Waals surface area (Å²) in [5.74, 6) is 1.02. The first-order valence-corrected chi connectivity index (χ1v) is 11.4. The molecule has 1 aromatic heterocycles. The van der Waals surface area contributed by atoms with Crippen LogP contribution in [-0.2, 0) is 23.1 Å². The van der Waals surface area contributed by atoms with E-state index in [0.717, 1.165) is 24.1 Å². The predicted octanol–water partition coefficient (Wildman–Crippen LogP) is 5.29. The van der Waals surface area contributed by atoms with Crippen LogP contribution in [0.3, 0.4) is 0 Å². The van der Waals surface area contributed by atoms with Gasteiger partial charge >= 0.3 is 0 Å². The molecule has 8 heteroatoms. The fourth-order valence-corrected chi connectivity index (χ4v) is 4.06. The van der Waals surface area contributed by atoms with E-state index in [1.807, 2.05) is 18.2 Å². The summed E-state index contributed by atoms with van der Waals surface area (Å²) < 4.78 is 33.4. The van der Waals surface area contributed by atoms with Crippen molar-refractivity contribution in [3.8, 4) is 5.75 Å². The Bertz CT molecular complexity index is 1040. The molecule has 0 atom stereocenters. The van der Waals surface area contributed by atoms with Crippen molar-refractivity contribution >= 4 is 38.9 Å². The fourth-order valence-electron chi connectivity index (χ4n) is 2.64. The van der Waals surface area contributed by atoms with Crippen LogP contribution in [0, 0.1) is 0 Å². The molecule has 3 rings (SSSR count). The topological polar surface area (TPSA) is 68.3 Å². The SMILES string of the molecule is O=S(=O)(Nc1ccc(OCc2ccccn2)c(Cl)c1)c1ccc(CCCCl)cc1. The summed E-state index contributed by atoms with van der Waals surface area (Å²) in [4.78, 5) is 4.36. The van der Waals surface area contributed by atoms with Crippen molar-refractivity contribution in [3.63, 3.8) is 0 Å². The van der Waals surface area contributed by atoms with Gasteiger partial charge in [-0.3, -0.25) is 9.71 Å². The van der Waals surface area contributed by atoms with E-state index in [-0.39, 0.29) is 11.5 Å². The molecular formula is C21H20Cl2N2O3S. The molecule has 0 radical (unpaired) electrons. The standard InChI is InChI=1S/C21H20Cl2N2O3S/c22-12-3-4-16-6-9-19(10-7-16)29(26,27)25-17-8-11-21(20(23)14-17)28-15-18-5-1-2-13-24-18/h1-2,5-11,13-14,25H,3-4,12,15H2. The lowest BCUT2D eigenvalue weighted by atomic mass is 10.1. The number of halogens is 2. The summed E-state index contributed by atoms with van der Waals surface area (Å²) in [7, 11) is -3.72. The number of rotatable bonds is 9. The molecule has 0 bridgehead atoms. The highest BCUT2D eigenvalue weighted by Gasteiger charge is 2.15. The molecule has 3 aromatic rings. The number of sulfonamides is 1. The number of benzene rings is 2. The van der Waals surface area contributed by atoms with Crippen molar-refractivity contribution in [1.29, 1.82) is 0 Å². The lowest BCUT2D eigenvalue weighted by Gasteiger charge is -2.12. The first-order valence-electron chi connectivity index (χ1n) is 8.98. The Morgan fingerprint density at radius 3 is 2.48 bits per heavy atom. The van der Waals surface area contributed by atoms with Crippen LogP contribution in [0.15, 0.2) is 71.8 Å². The average molecular weight is 451 g/mol. The van der Waals surface area contributed by atoms with Gasteiger partial charge in [-0.15, -0.1) is 11.6 Å². The Kier molecular flexibility index (Phi) is 7.36. The van der Waals surface area contributed by atoms with Gasteiger partial charge in [-0.2, -0.15) is 0 Å². The molecule has 0 unspecified atom stereocenters. The van der Waals surface area contributed by atoms with Gasteiger partial charge in [0, 0.05) is 12.1 Å². The number of alkyl halides is 1. The largest absolute Gasteiger partial charge is 0.486 e. The lowest BCUT2D eigenvalue weighted by molar-refractivity contribution is 0.301. The van der Waals surface area contributed by atoms with Crippen LogP contribution in [0.25, 0.3) is 0 Å². The lowest BCUT2D eigenvalue weighted by Crippen LogP contribution is -2.13. The van der Waals surface area contributed by atoms with Crippen molar-refractivity contribution in [2.45, 2.75) is 24.3 Å². The molecular weight excluding hydrogens is 431 g/mol. The van der Waals surface area contributed by atoms with Crippen LogP contribution in [0.2, 0.25) is 5.02 Å². The normalized spacial score (nSPS) is 11.2. The number of aromatic nitrogens is 1. The summed E-state index contributed by atoms with van der Waals surface area (Å²) in [5.41, 5.74) is 2.16. The third-order valence-corrected chi connectivity index (χ3v) is 6.08. The van der Waals surface area contributed by atoms with Gasteiger partial charge in [0.1, 0.15) is 12.4 Å². The van der Waals surface area contributed by atoms with E-state index in [1.165, 1.54) is 6.07 Å². The number of hydrogen-bond donors (Lipinski definition) is 1. The minimum Gasteiger partial charge on any atom is -0.486 e. The predicted molar refractivity (Wildman–Crippen MR) is 116 cm³/mol. The quantitative estimate of drug-likeness (QED) is 0.449. The number of ether oxygens (including phenoxy) is 1. The molecule has 1 heterocycles. The van der Waals surface area contributed by atoms with Crippen molar-refractivity contribution < 1.29 is 13.2 Å². The zero-order valence-electron chi connectivity index (χ0n) is 15.5. The van der Waals surface area contributed by atoms with Crippen molar-refractivity contribution in [3.05, 3.63) is 83.1 Å². The van der Waals surface area contributed by atoms with Crippen LogP contribution in [0.4, 0.5) is 5.69 Å². The average Bonchev–Trinajstić information content (AvgIpc) is 2.72. The van der Waals surface area contributed by atoms with Crippen molar-refractivity contribution in [1.82, 2.24) is 4.98 Å². The number of pyridine rings is 1. The van der Waals surface area contributed by atoms with E-state index in [9.17, 15) is 8.42 Å². The van der Waals surface area contributed by atoms with E-state index in [1.54, 1.807) is 42.6 Å². The molecule has 0 saturated carbocycles. The molecule has 0 spiro atoms. The summed E-state index contributed by atoms with van der Waals surface area (Å²) in [6, 6.07) is 17.0. The van der Waals surface area contributed by atoms with Crippen LogP contribution in [0.1, 0.15) is 17.7 Å². The van der Waals surface area contributed by atoms with Gasteiger partial charge < -0.3 is 4.74 Å². The van der Waals surface area contributed by atoms with Crippen molar-refractivity contribution in [2.24, 2.45) is 0 Å². The van der Waals surface area contributed by atoms with E-state index >= 15 is 0 Å². The maximum absolute atomic E-state index is 12.6. The monoisotopic (exact) mass is 450 g/mol. The molecule has 5 nitrogen and oxygen atoms in total. The van der Waals surface area contributed by atoms with E-state index in [4.69, 9.17) is 27.9 Å². The molecule has 0 saturated heterocycles. The Hall–Kier alpha value is -2.28. The van der Waals surface area contributed by atoms with Gasteiger partial charge in [0.05, 0.1) is 21.3 Å². The minimum atomic E-state index is -3.72. The van der Waals surface area contributed by atoms with E-state index < -0.39 is 10.0 Å². The van der Waals surface area contributed by atoms with Crippen LogP contribution in [-0.4, -0.2) is 19.3 Å². The maximum Gasteiger partial charge on any atom is 0.261 e. The van der Waals surface area contributed by atoms with Crippen LogP contribution in [0.5, 0.6) is 5.75 Å². The van der Waals surface area contributed by atoms with E-state index in [2.05, 4.69) is 9.71 Å². The first kappa shape index (κ1) is 21.4. The number of nitrogens with one attached hydrogen (secondary N) is 1. The van der Waals surface area contributed by atoms with Gasteiger partial charge in [0.25, 0.3) is 10.0 Å². The molecule has 0 amide bonds. The second kappa shape index (κ2) is 9.96.